The first kappa shape index (κ1) is 13.4. The Hall–Kier alpha value is -1.06. The van der Waals surface area contributed by atoms with Crippen molar-refractivity contribution in [1.82, 2.24) is 0 Å². The summed E-state index contributed by atoms with van der Waals surface area (Å²) in [5.74, 6) is -0.178. The summed E-state index contributed by atoms with van der Waals surface area (Å²) in [4.78, 5) is 12.1. The van der Waals surface area contributed by atoms with Crippen LogP contribution in [0, 0.1) is 5.41 Å². The second-order valence-corrected chi connectivity index (χ2v) is 5.27. The number of carbonyl (C=O) groups is 1. The fourth-order valence-electron chi connectivity index (χ4n) is 2.46. The molecule has 0 spiro atoms. The molecule has 0 amide bonds. The first-order valence-electron chi connectivity index (χ1n) is 6.29. The van der Waals surface area contributed by atoms with Crippen molar-refractivity contribution >= 4 is 17.6 Å². The van der Waals surface area contributed by atoms with E-state index in [-0.39, 0.29) is 12.6 Å². The zero-order chi connectivity index (χ0) is 13.0. The zero-order valence-electron chi connectivity index (χ0n) is 10.3. The molecule has 1 fully saturated rings. The summed E-state index contributed by atoms with van der Waals surface area (Å²) in [6, 6.07) is 7.38. The summed E-state index contributed by atoms with van der Waals surface area (Å²) >= 11 is 6.02. The third kappa shape index (κ3) is 2.68. The average Bonchev–Trinajstić information content (AvgIpc) is 2.87. The van der Waals surface area contributed by atoms with Gasteiger partial charge in [0.25, 0.3) is 0 Å². The Morgan fingerprint density at radius 1 is 1.33 bits per heavy atom. The topological polar surface area (TPSA) is 52.3 Å². The monoisotopic (exact) mass is 267 g/mol. The van der Waals surface area contributed by atoms with Crippen molar-refractivity contribution in [1.29, 1.82) is 0 Å². The molecule has 98 valence electrons. The zero-order valence-corrected chi connectivity index (χ0v) is 11.1. The molecule has 2 rings (SSSR count). The highest BCUT2D eigenvalue weighted by Gasteiger charge is 2.41. The quantitative estimate of drug-likeness (QED) is 0.854. The number of benzene rings is 1. The van der Waals surface area contributed by atoms with E-state index in [1.165, 1.54) is 0 Å². The highest BCUT2D eigenvalue weighted by molar-refractivity contribution is 6.31. The lowest BCUT2D eigenvalue weighted by molar-refractivity contribution is -0.156. The summed E-state index contributed by atoms with van der Waals surface area (Å²) in [5.41, 5.74) is 6.12. The summed E-state index contributed by atoms with van der Waals surface area (Å²) in [7, 11) is 0. The van der Waals surface area contributed by atoms with E-state index in [4.69, 9.17) is 22.1 Å². The van der Waals surface area contributed by atoms with Crippen LogP contribution >= 0.6 is 11.6 Å². The van der Waals surface area contributed by atoms with Gasteiger partial charge in [-0.3, -0.25) is 4.79 Å². The molecule has 3 nitrogen and oxygen atoms in total. The van der Waals surface area contributed by atoms with Crippen LogP contribution in [-0.4, -0.2) is 12.5 Å². The van der Waals surface area contributed by atoms with Gasteiger partial charge in [-0.15, -0.1) is 0 Å². The van der Waals surface area contributed by atoms with Crippen molar-refractivity contribution < 1.29 is 9.53 Å². The summed E-state index contributed by atoms with van der Waals surface area (Å²) in [6.45, 7) is 0.592. The molecule has 0 radical (unpaired) electrons. The second-order valence-electron chi connectivity index (χ2n) is 4.86. The number of esters is 1. The van der Waals surface area contributed by atoms with Gasteiger partial charge in [-0.05, 0) is 18.9 Å². The van der Waals surface area contributed by atoms with Crippen molar-refractivity contribution in [2.24, 2.45) is 11.1 Å². The van der Waals surface area contributed by atoms with E-state index < -0.39 is 5.41 Å². The van der Waals surface area contributed by atoms with Gasteiger partial charge in [0.2, 0.25) is 0 Å². The van der Waals surface area contributed by atoms with Crippen LogP contribution in [0.2, 0.25) is 5.02 Å². The number of hydrogen-bond acceptors (Lipinski definition) is 3. The minimum absolute atomic E-state index is 0.178. The van der Waals surface area contributed by atoms with Crippen molar-refractivity contribution in [3.8, 4) is 0 Å². The van der Waals surface area contributed by atoms with Gasteiger partial charge in [0.05, 0.1) is 5.41 Å². The first-order valence-corrected chi connectivity index (χ1v) is 6.66. The van der Waals surface area contributed by atoms with E-state index in [2.05, 4.69) is 0 Å². The minimum atomic E-state index is -0.457. The fraction of sp³-hybridized carbons (Fsp3) is 0.500. The smallest absolute Gasteiger partial charge is 0.313 e. The summed E-state index contributed by atoms with van der Waals surface area (Å²) < 4.78 is 5.38. The first-order chi connectivity index (χ1) is 8.68. The van der Waals surface area contributed by atoms with E-state index in [0.717, 1.165) is 31.2 Å². The molecule has 4 heteroatoms. The van der Waals surface area contributed by atoms with Gasteiger partial charge in [0.1, 0.15) is 6.61 Å². The Kier molecular flexibility index (Phi) is 4.25. The van der Waals surface area contributed by atoms with Crippen LogP contribution in [0.1, 0.15) is 31.2 Å². The van der Waals surface area contributed by atoms with Crippen molar-refractivity contribution in [2.45, 2.75) is 32.3 Å². The molecule has 0 aromatic heterocycles. The molecular formula is C14H18ClNO2. The molecule has 1 aromatic rings. The summed E-state index contributed by atoms with van der Waals surface area (Å²) in [6.07, 6.45) is 3.78. The predicted octanol–water partition coefficient (Wildman–Crippen LogP) is 2.90. The van der Waals surface area contributed by atoms with Crippen LogP contribution < -0.4 is 5.73 Å². The van der Waals surface area contributed by atoms with Crippen molar-refractivity contribution in [3.63, 3.8) is 0 Å². The van der Waals surface area contributed by atoms with E-state index >= 15 is 0 Å². The number of rotatable bonds is 4. The minimum Gasteiger partial charge on any atom is -0.460 e. The maximum atomic E-state index is 12.1. The van der Waals surface area contributed by atoms with Crippen LogP contribution in [0.3, 0.4) is 0 Å². The Morgan fingerprint density at radius 3 is 2.61 bits per heavy atom. The van der Waals surface area contributed by atoms with Gasteiger partial charge >= 0.3 is 5.97 Å². The highest BCUT2D eigenvalue weighted by atomic mass is 35.5. The van der Waals surface area contributed by atoms with E-state index in [9.17, 15) is 4.79 Å². The summed E-state index contributed by atoms with van der Waals surface area (Å²) in [5, 5.41) is 0.624. The van der Waals surface area contributed by atoms with Crippen LogP contribution in [0.4, 0.5) is 0 Å². The number of carbonyl (C=O) groups excluding carboxylic acids is 1. The molecule has 1 saturated carbocycles. The van der Waals surface area contributed by atoms with Crippen molar-refractivity contribution in [3.05, 3.63) is 34.9 Å². The standard InChI is InChI=1S/C14H18ClNO2/c15-12-6-2-1-5-11(12)9-18-13(17)14(10-16)7-3-4-8-14/h1-2,5-6H,3-4,7-10,16H2. The fourth-order valence-corrected chi connectivity index (χ4v) is 2.65. The number of halogens is 1. The van der Waals surface area contributed by atoms with Crippen LogP contribution in [0.15, 0.2) is 24.3 Å². The van der Waals surface area contributed by atoms with Gasteiger partial charge in [-0.2, -0.15) is 0 Å². The molecule has 1 aromatic carbocycles. The normalized spacial score (nSPS) is 17.7. The Labute approximate surface area is 112 Å². The maximum Gasteiger partial charge on any atom is 0.313 e. The van der Waals surface area contributed by atoms with Crippen LogP contribution in [-0.2, 0) is 16.1 Å². The average molecular weight is 268 g/mol. The van der Waals surface area contributed by atoms with Gasteiger partial charge in [-0.1, -0.05) is 42.6 Å². The molecule has 2 N–H and O–H groups in total. The molecule has 1 aliphatic rings. The molecule has 0 unspecified atom stereocenters. The van der Waals surface area contributed by atoms with Gasteiger partial charge < -0.3 is 10.5 Å². The second kappa shape index (κ2) is 5.72. The lowest BCUT2D eigenvalue weighted by Crippen LogP contribution is -2.37. The van der Waals surface area contributed by atoms with Crippen LogP contribution in [0.25, 0.3) is 0 Å². The Bertz CT molecular complexity index is 428. The molecule has 0 heterocycles. The SMILES string of the molecule is NCC1(C(=O)OCc2ccccc2Cl)CCCC1. The molecule has 1 aliphatic carbocycles. The van der Waals surface area contributed by atoms with E-state index in [1.54, 1.807) is 6.07 Å². The van der Waals surface area contributed by atoms with Gasteiger partial charge in [-0.25, -0.2) is 0 Å². The largest absolute Gasteiger partial charge is 0.460 e. The molecule has 0 saturated heterocycles. The van der Waals surface area contributed by atoms with Crippen molar-refractivity contribution in [2.75, 3.05) is 6.54 Å². The lowest BCUT2D eigenvalue weighted by Gasteiger charge is -2.24. The Morgan fingerprint density at radius 2 is 2.00 bits per heavy atom. The lowest BCUT2D eigenvalue weighted by atomic mass is 9.86. The number of ether oxygens (including phenoxy) is 1. The highest BCUT2D eigenvalue weighted by Crippen LogP contribution is 2.38. The third-order valence-electron chi connectivity index (χ3n) is 3.70. The molecule has 0 bridgehead atoms. The Balaban J connectivity index is 1.98. The van der Waals surface area contributed by atoms with Crippen LogP contribution in [0.5, 0.6) is 0 Å². The molecular weight excluding hydrogens is 250 g/mol. The van der Waals surface area contributed by atoms with Gasteiger partial charge in [0, 0.05) is 17.1 Å². The van der Waals surface area contributed by atoms with E-state index in [0.29, 0.717) is 11.6 Å². The molecule has 0 atom stereocenters. The third-order valence-corrected chi connectivity index (χ3v) is 4.07. The number of hydrogen-bond donors (Lipinski definition) is 1. The molecule has 0 aliphatic heterocycles. The maximum absolute atomic E-state index is 12.1. The van der Waals surface area contributed by atoms with E-state index in [1.807, 2.05) is 18.2 Å². The number of nitrogens with two attached hydrogens (primary N) is 1. The predicted molar refractivity (Wildman–Crippen MR) is 71.2 cm³/mol. The van der Waals surface area contributed by atoms with Gasteiger partial charge in [0.15, 0.2) is 0 Å². The molecule has 18 heavy (non-hydrogen) atoms.